The molecule has 0 amide bonds. The Morgan fingerprint density at radius 1 is 0.938 bits per heavy atom. The number of fused-ring (bicyclic) bond motifs is 1. The Kier molecular flexibility index (Phi) is 5.86. The number of nitro groups is 1. The Hall–Kier alpha value is -3.43. The number of nitro benzene ring substituents is 1. The van der Waals surface area contributed by atoms with Gasteiger partial charge < -0.3 is 9.47 Å². The lowest BCUT2D eigenvalue weighted by atomic mass is 9.88. The summed E-state index contributed by atoms with van der Waals surface area (Å²) in [6.07, 6.45) is 0.429. The molecular formula is C23H22N2O6S. The van der Waals surface area contributed by atoms with E-state index in [0.29, 0.717) is 29.0 Å². The Balaban J connectivity index is 1.98. The summed E-state index contributed by atoms with van der Waals surface area (Å²) in [6, 6.07) is 16.9. The molecule has 0 saturated heterocycles. The van der Waals surface area contributed by atoms with Gasteiger partial charge in [0.2, 0.25) is 10.0 Å². The molecule has 0 aliphatic carbocycles. The lowest BCUT2D eigenvalue weighted by Gasteiger charge is -2.36. The molecule has 32 heavy (non-hydrogen) atoms. The molecule has 0 fully saturated rings. The lowest BCUT2D eigenvalue weighted by Crippen LogP contribution is -2.40. The fraction of sp³-hybridized carbons (Fsp3) is 0.217. The number of rotatable bonds is 6. The average Bonchev–Trinajstić information content (AvgIpc) is 2.82. The number of nitrogens with zero attached hydrogens (tertiary/aromatic N) is 2. The summed E-state index contributed by atoms with van der Waals surface area (Å²) in [4.78, 5) is 11.5. The van der Waals surface area contributed by atoms with E-state index in [1.807, 2.05) is 6.07 Å². The summed E-state index contributed by atoms with van der Waals surface area (Å²) >= 11 is 0. The van der Waals surface area contributed by atoms with E-state index >= 15 is 0 Å². The fourth-order valence-electron chi connectivity index (χ4n) is 4.12. The molecule has 1 aliphatic rings. The number of sulfonamides is 1. The van der Waals surface area contributed by atoms with Crippen molar-refractivity contribution in [2.24, 2.45) is 0 Å². The normalized spacial score (nSPS) is 16.2. The van der Waals surface area contributed by atoms with Crippen LogP contribution < -0.4 is 9.47 Å². The molecule has 9 heteroatoms. The van der Waals surface area contributed by atoms with Crippen molar-refractivity contribution in [3.8, 4) is 11.5 Å². The van der Waals surface area contributed by atoms with Gasteiger partial charge in [-0.2, -0.15) is 4.31 Å². The van der Waals surface area contributed by atoms with Crippen LogP contribution in [-0.2, 0) is 16.4 Å². The van der Waals surface area contributed by atoms with Crippen LogP contribution in [0.3, 0.4) is 0 Å². The van der Waals surface area contributed by atoms with E-state index in [0.717, 1.165) is 5.56 Å². The van der Waals surface area contributed by atoms with Gasteiger partial charge in [0, 0.05) is 12.6 Å². The Morgan fingerprint density at radius 2 is 1.56 bits per heavy atom. The van der Waals surface area contributed by atoms with E-state index in [1.165, 1.54) is 36.7 Å². The fourth-order valence-corrected chi connectivity index (χ4v) is 5.73. The van der Waals surface area contributed by atoms with Gasteiger partial charge in [0.15, 0.2) is 11.5 Å². The van der Waals surface area contributed by atoms with Crippen LogP contribution in [0.15, 0.2) is 71.6 Å². The first-order chi connectivity index (χ1) is 15.4. The quantitative estimate of drug-likeness (QED) is 0.413. The third-order valence-electron chi connectivity index (χ3n) is 5.61. The number of para-hydroxylation sites is 1. The zero-order valence-electron chi connectivity index (χ0n) is 17.6. The summed E-state index contributed by atoms with van der Waals surface area (Å²) < 4.78 is 39.5. The highest BCUT2D eigenvalue weighted by Gasteiger charge is 2.40. The minimum Gasteiger partial charge on any atom is -0.493 e. The molecule has 3 aromatic rings. The first kappa shape index (κ1) is 21.8. The monoisotopic (exact) mass is 454 g/mol. The van der Waals surface area contributed by atoms with E-state index in [9.17, 15) is 18.5 Å². The van der Waals surface area contributed by atoms with Gasteiger partial charge >= 0.3 is 0 Å². The van der Waals surface area contributed by atoms with Gasteiger partial charge in [-0.05, 0) is 41.8 Å². The molecule has 3 aromatic carbocycles. The van der Waals surface area contributed by atoms with E-state index in [2.05, 4.69) is 0 Å². The Labute approximate surface area is 186 Å². The Morgan fingerprint density at radius 3 is 2.22 bits per heavy atom. The van der Waals surface area contributed by atoms with Gasteiger partial charge in [0.1, 0.15) is 0 Å². The molecule has 0 spiro atoms. The van der Waals surface area contributed by atoms with E-state index < -0.39 is 21.0 Å². The molecule has 1 heterocycles. The number of benzene rings is 3. The molecule has 0 aromatic heterocycles. The summed E-state index contributed by atoms with van der Waals surface area (Å²) in [6.45, 7) is 0.163. The molecule has 0 saturated carbocycles. The van der Waals surface area contributed by atoms with Crippen LogP contribution in [0.5, 0.6) is 11.5 Å². The summed E-state index contributed by atoms with van der Waals surface area (Å²) in [5, 5.41) is 11.8. The van der Waals surface area contributed by atoms with Crippen LogP contribution in [0, 0.1) is 10.1 Å². The summed E-state index contributed by atoms with van der Waals surface area (Å²) in [5.41, 5.74) is 1.63. The van der Waals surface area contributed by atoms with Crippen molar-refractivity contribution in [2.45, 2.75) is 17.4 Å². The predicted octanol–water partition coefficient (Wildman–Crippen LogP) is 3.95. The van der Waals surface area contributed by atoms with Crippen LogP contribution in [0.2, 0.25) is 0 Å². The minimum absolute atomic E-state index is 0.132. The number of methoxy groups -OCH3 is 2. The smallest absolute Gasteiger partial charge is 0.274 e. The standard InChI is InChI=1S/C23H22N2O6S/c1-30-21-14-16-12-13-24(32(28,29)17-8-4-3-5-9-17)23(19(16)15-22(21)31-2)18-10-6-7-11-20(18)25(26)27/h3-11,14-15,23H,12-13H2,1-2H3/t23-/m0/s1. The summed E-state index contributed by atoms with van der Waals surface area (Å²) in [5.74, 6) is 0.945. The molecule has 4 rings (SSSR count). The van der Waals surface area contributed by atoms with Crippen LogP contribution in [0.4, 0.5) is 5.69 Å². The zero-order chi connectivity index (χ0) is 22.9. The Bertz CT molecular complexity index is 1260. The van der Waals surface area contributed by atoms with Crippen LogP contribution in [0.1, 0.15) is 22.7 Å². The first-order valence-corrected chi connectivity index (χ1v) is 11.4. The van der Waals surface area contributed by atoms with Gasteiger partial charge in [-0.3, -0.25) is 10.1 Å². The highest BCUT2D eigenvalue weighted by molar-refractivity contribution is 7.89. The first-order valence-electron chi connectivity index (χ1n) is 9.93. The van der Waals surface area contributed by atoms with Crippen molar-refractivity contribution >= 4 is 15.7 Å². The molecule has 0 unspecified atom stereocenters. The topological polar surface area (TPSA) is 99.0 Å². The third-order valence-corrected chi connectivity index (χ3v) is 7.49. The van der Waals surface area contributed by atoms with Gasteiger partial charge in [0.05, 0.1) is 35.6 Å². The maximum absolute atomic E-state index is 13.6. The van der Waals surface area contributed by atoms with Crippen molar-refractivity contribution in [1.82, 2.24) is 4.31 Å². The van der Waals surface area contributed by atoms with Crippen LogP contribution >= 0.6 is 0 Å². The maximum Gasteiger partial charge on any atom is 0.274 e. The van der Waals surface area contributed by atoms with Crippen molar-refractivity contribution < 1.29 is 22.8 Å². The summed E-state index contributed by atoms with van der Waals surface area (Å²) in [7, 11) is -0.923. The van der Waals surface area contributed by atoms with Gasteiger partial charge in [0.25, 0.3) is 5.69 Å². The highest BCUT2D eigenvalue weighted by atomic mass is 32.2. The second-order valence-electron chi connectivity index (χ2n) is 7.30. The largest absolute Gasteiger partial charge is 0.493 e. The second kappa shape index (κ2) is 8.60. The van der Waals surface area contributed by atoms with Crippen molar-refractivity contribution in [3.05, 3.63) is 93.5 Å². The number of hydrogen-bond donors (Lipinski definition) is 0. The number of hydrogen-bond acceptors (Lipinski definition) is 6. The second-order valence-corrected chi connectivity index (χ2v) is 9.19. The molecular weight excluding hydrogens is 432 g/mol. The third kappa shape index (κ3) is 3.69. The molecule has 0 bridgehead atoms. The van der Waals surface area contributed by atoms with E-state index in [1.54, 1.807) is 42.5 Å². The predicted molar refractivity (Wildman–Crippen MR) is 119 cm³/mol. The molecule has 166 valence electrons. The maximum atomic E-state index is 13.6. The number of ether oxygens (including phenoxy) is 2. The van der Waals surface area contributed by atoms with Crippen LogP contribution in [0.25, 0.3) is 0 Å². The van der Waals surface area contributed by atoms with Crippen molar-refractivity contribution in [3.63, 3.8) is 0 Å². The molecule has 0 N–H and O–H groups in total. The van der Waals surface area contributed by atoms with Gasteiger partial charge in [-0.1, -0.05) is 36.4 Å². The minimum atomic E-state index is -3.94. The van der Waals surface area contributed by atoms with Gasteiger partial charge in [-0.25, -0.2) is 8.42 Å². The molecule has 8 nitrogen and oxygen atoms in total. The SMILES string of the molecule is COc1cc2c(cc1OC)[C@H](c1ccccc1[N+](=O)[O-])N(S(=O)(=O)c1ccccc1)CC2. The molecule has 1 aliphatic heterocycles. The van der Waals surface area contributed by atoms with Crippen molar-refractivity contribution in [2.75, 3.05) is 20.8 Å². The average molecular weight is 455 g/mol. The zero-order valence-corrected chi connectivity index (χ0v) is 18.4. The van der Waals surface area contributed by atoms with Crippen molar-refractivity contribution in [1.29, 1.82) is 0 Å². The molecule has 1 atom stereocenters. The van der Waals surface area contributed by atoms with Crippen LogP contribution in [-0.4, -0.2) is 38.4 Å². The lowest BCUT2D eigenvalue weighted by molar-refractivity contribution is -0.385. The van der Waals surface area contributed by atoms with Gasteiger partial charge in [-0.15, -0.1) is 0 Å². The highest BCUT2D eigenvalue weighted by Crippen LogP contribution is 2.45. The van der Waals surface area contributed by atoms with E-state index in [4.69, 9.17) is 9.47 Å². The van der Waals surface area contributed by atoms with E-state index in [-0.39, 0.29) is 17.1 Å². The molecule has 0 radical (unpaired) electrons.